The number of hydrogen-bond donors (Lipinski definition) is 2. The third-order valence-electron chi connectivity index (χ3n) is 2.45. The van der Waals surface area contributed by atoms with Crippen molar-refractivity contribution >= 4 is 11.7 Å². The predicted molar refractivity (Wildman–Crippen MR) is 70.2 cm³/mol. The molecule has 1 heterocycles. The smallest absolute Gasteiger partial charge is 0.255 e. The highest BCUT2D eigenvalue weighted by atomic mass is 16.1. The number of amides is 1. The van der Waals surface area contributed by atoms with Crippen molar-refractivity contribution in [1.82, 2.24) is 10.3 Å². The van der Waals surface area contributed by atoms with Crippen LogP contribution in [0.15, 0.2) is 18.3 Å². The normalized spacial score (nSPS) is 11.1. The van der Waals surface area contributed by atoms with Gasteiger partial charge in [-0.1, -0.05) is 20.8 Å². The highest BCUT2D eigenvalue weighted by molar-refractivity contribution is 5.98. The van der Waals surface area contributed by atoms with Gasteiger partial charge in [0.2, 0.25) is 0 Å². The summed E-state index contributed by atoms with van der Waals surface area (Å²) >= 11 is 0. The molecule has 0 saturated heterocycles. The molecule has 0 unspecified atom stereocenters. The van der Waals surface area contributed by atoms with Gasteiger partial charge in [0, 0.05) is 19.8 Å². The topological polar surface area (TPSA) is 54.0 Å². The molecule has 1 aromatic heterocycles. The first-order chi connectivity index (χ1) is 7.94. The van der Waals surface area contributed by atoms with Crippen molar-refractivity contribution in [2.24, 2.45) is 5.41 Å². The minimum atomic E-state index is -0.0771. The molecule has 0 atom stereocenters. The monoisotopic (exact) mass is 235 g/mol. The lowest BCUT2D eigenvalue weighted by Crippen LogP contribution is -2.28. The van der Waals surface area contributed by atoms with Crippen molar-refractivity contribution in [3.8, 4) is 0 Å². The lowest BCUT2D eigenvalue weighted by atomic mass is 9.92. The van der Waals surface area contributed by atoms with E-state index in [-0.39, 0.29) is 11.3 Å². The fraction of sp³-hybridized carbons (Fsp3) is 0.538. The molecule has 0 aromatic carbocycles. The van der Waals surface area contributed by atoms with E-state index in [1.54, 1.807) is 25.4 Å². The van der Waals surface area contributed by atoms with E-state index in [1.807, 2.05) is 0 Å². The zero-order valence-electron chi connectivity index (χ0n) is 11.0. The molecule has 0 saturated carbocycles. The van der Waals surface area contributed by atoms with Crippen LogP contribution in [0.1, 0.15) is 37.6 Å². The van der Waals surface area contributed by atoms with Crippen LogP contribution < -0.4 is 10.6 Å². The van der Waals surface area contributed by atoms with Gasteiger partial charge in [-0.15, -0.1) is 0 Å². The summed E-state index contributed by atoms with van der Waals surface area (Å²) in [6.07, 6.45) is 2.62. The van der Waals surface area contributed by atoms with Crippen LogP contribution in [0.25, 0.3) is 0 Å². The summed E-state index contributed by atoms with van der Waals surface area (Å²) in [5.41, 5.74) is 0.817. The van der Waals surface area contributed by atoms with Crippen molar-refractivity contribution in [2.75, 3.05) is 18.9 Å². The Kier molecular flexibility index (Phi) is 4.49. The molecule has 2 N–H and O–H groups in total. The molecule has 0 aliphatic carbocycles. The fourth-order valence-corrected chi connectivity index (χ4v) is 1.43. The van der Waals surface area contributed by atoms with E-state index in [1.165, 1.54) is 0 Å². The molecule has 0 radical (unpaired) electrons. The second kappa shape index (κ2) is 5.66. The van der Waals surface area contributed by atoms with Crippen molar-refractivity contribution in [1.29, 1.82) is 0 Å². The molecule has 1 rings (SSSR count). The maximum atomic E-state index is 11.9. The molecule has 0 aliphatic heterocycles. The number of rotatable bonds is 4. The van der Waals surface area contributed by atoms with Crippen LogP contribution >= 0.6 is 0 Å². The first-order valence-corrected chi connectivity index (χ1v) is 5.85. The van der Waals surface area contributed by atoms with Gasteiger partial charge >= 0.3 is 0 Å². The highest BCUT2D eigenvalue weighted by Crippen LogP contribution is 2.17. The highest BCUT2D eigenvalue weighted by Gasteiger charge is 2.13. The predicted octanol–water partition coefficient (Wildman–Crippen LogP) is 2.29. The van der Waals surface area contributed by atoms with Gasteiger partial charge in [0.1, 0.15) is 5.82 Å². The summed E-state index contributed by atoms with van der Waals surface area (Å²) in [5.74, 6) is 0.535. The molecule has 0 bridgehead atoms. The maximum absolute atomic E-state index is 11.9. The standard InChI is InChI=1S/C13H21N3O/c1-13(2,3)7-9-16-12(17)10-6-5-8-15-11(10)14-4/h5-6,8H,7,9H2,1-4H3,(H,14,15)(H,16,17). The van der Waals surface area contributed by atoms with Crippen LogP contribution in [0.5, 0.6) is 0 Å². The summed E-state index contributed by atoms with van der Waals surface area (Å²) in [6.45, 7) is 7.15. The number of hydrogen-bond acceptors (Lipinski definition) is 3. The molecule has 4 nitrogen and oxygen atoms in total. The average Bonchev–Trinajstić information content (AvgIpc) is 2.27. The van der Waals surface area contributed by atoms with Crippen LogP contribution in [-0.2, 0) is 0 Å². The van der Waals surface area contributed by atoms with Crippen LogP contribution in [0.4, 0.5) is 5.82 Å². The molecule has 0 fully saturated rings. The summed E-state index contributed by atoms with van der Waals surface area (Å²) < 4.78 is 0. The SMILES string of the molecule is CNc1ncccc1C(=O)NCCC(C)(C)C. The second-order valence-electron chi connectivity index (χ2n) is 5.22. The van der Waals surface area contributed by atoms with Crippen LogP contribution in [0.2, 0.25) is 0 Å². The minimum absolute atomic E-state index is 0.0771. The van der Waals surface area contributed by atoms with E-state index < -0.39 is 0 Å². The van der Waals surface area contributed by atoms with E-state index in [0.717, 1.165) is 6.42 Å². The number of carbonyl (C=O) groups is 1. The van der Waals surface area contributed by atoms with Gasteiger partial charge in [-0.3, -0.25) is 4.79 Å². The van der Waals surface area contributed by atoms with Crippen molar-refractivity contribution < 1.29 is 4.79 Å². The summed E-state index contributed by atoms with van der Waals surface area (Å²) in [5, 5.41) is 5.82. The van der Waals surface area contributed by atoms with Crippen LogP contribution in [-0.4, -0.2) is 24.5 Å². The Bertz CT molecular complexity index is 382. The Balaban J connectivity index is 2.58. The number of anilines is 1. The molecule has 0 spiro atoms. The van der Waals surface area contributed by atoms with Gasteiger partial charge in [0.05, 0.1) is 5.56 Å². The van der Waals surface area contributed by atoms with E-state index >= 15 is 0 Å². The maximum Gasteiger partial charge on any atom is 0.255 e. The second-order valence-corrected chi connectivity index (χ2v) is 5.22. The third-order valence-corrected chi connectivity index (χ3v) is 2.45. The lowest BCUT2D eigenvalue weighted by molar-refractivity contribution is 0.0950. The van der Waals surface area contributed by atoms with Gasteiger partial charge in [0.25, 0.3) is 5.91 Å². The number of aromatic nitrogens is 1. The third kappa shape index (κ3) is 4.43. The Morgan fingerprint density at radius 3 is 2.71 bits per heavy atom. The fourth-order valence-electron chi connectivity index (χ4n) is 1.43. The Morgan fingerprint density at radius 1 is 1.41 bits per heavy atom. The van der Waals surface area contributed by atoms with Crippen molar-refractivity contribution in [3.63, 3.8) is 0 Å². The van der Waals surface area contributed by atoms with Gasteiger partial charge in [-0.05, 0) is 24.0 Å². The zero-order valence-corrected chi connectivity index (χ0v) is 11.0. The van der Waals surface area contributed by atoms with Gasteiger partial charge in [-0.25, -0.2) is 4.98 Å². The molecule has 1 amide bonds. The number of carbonyl (C=O) groups excluding carboxylic acids is 1. The Labute approximate surface area is 103 Å². The summed E-state index contributed by atoms with van der Waals surface area (Å²) in [4.78, 5) is 16.0. The van der Waals surface area contributed by atoms with Gasteiger partial charge in [-0.2, -0.15) is 0 Å². The molecule has 17 heavy (non-hydrogen) atoms. The van der Waals surface area contributed by atoms with Crippen molar-refractivity contribution in [2.45, 2.75) is 27.2 Å². The zero-order chi connectivity index (χ0) is 12.9. The first kappa shape index (κ1) is 13.5. The van der Waals surface area contributed by atoms with Gasteiger partial charge in [0.15, 0.2) is 0 Å². The molecule has 94 valence electrons. The molecular formula is C13H21N3O. The number of pyridine rings is 1. The van der Waals surface area contributed by atoms with E-state index in [2.05, 4.69) is 36.4 Å². The van der Waals surface area contributed by atoms with E-state index in [9.17, 15) is 4.79 Å². The Morgan fingerprint density at radius 2 is 2.12 bits per heavy atom. The van der Waals surface area contributed by atoms with Crippen molar-refractivity contribution in [3.05, 3.63) is 23.9 Å². The number of nitrogens with one attached hydrogen (secondary N) is 2. The average molecular weight is 235 g/mol. The quantitative estimate of drug-likeness (QED) is 0.842. The summed E-state index contributed by atoms with van der Waals surface area (Å²) in [6, 6.07) is 3.53. The Hall–Kier alpha value is -1.58. The molecule has 0 aliphatic rings. The van der Waals surface area contributed by atoms with Crippen LogP contribution in [0, 0.1) is 5.41 Å². The van der Waals surface area contributed by atoms with Crippen LogP contribution in [0.3, 0.4) is 0 Å². The lowest BCUT2D eigenvalue weighted by Gasteiger charge is -2.18. The van der Waals surface area contributed by atoms with E-state index in [4.69, 9.17) is 0 Å². The van der Waals surface area contributed by atoms with Gasteiger partial charge < -0.3 is 10.6 Å². The minimum Gasteiger partial charge on any atom is -0.372 e. The molecule has 1 aromatic rings. The first-order valence-electron chi connectivity index (χ1n) is 5.85. The largest absolute Gasteiger partial charge is 0.372 e. The molecular weight excluding hydrogens is 214 g/mol. The number of nitrogens with zero attached hydrogens (tertiary/aromatic N) is 1. The summed E-state index contributed by atoms with van der Waals surface area (Å²) in [7, 11) is 1.76. The molecule has 4 heteroatoms. The van der Waals surface area contributed by atoms with E-state index in [0.29, 0.717) is 17.9 Å².